The van der Waals surface area contributed by atoms with Crippen LogP contribution in [0.25, 0.3) is 0 Å². The lowest BCUT2D eigenvalue weighted by molar-refractivity contribution is -0.126. The van der Waals surface area contributed by atoms with E-state index in [2.05, 4.69) is 22.9 Å². The molecule has 2 bridgehead atoms. The monoisotopic (exact) mass is 478 g/mol. The van der Waals surface area contributed by atoms with Crippen molar-refractivity contribution in [2.24, 2.45) is 5.41 Å². The highest BCUT2D eigenvalue weighted by atomic mass is 32.1. The maximum absolute atomic E-state index is 13.9. The SMILES string of the molecule is C=C1/C=C\C=C/C2(C#N)CC(C)(C(=O)Nc3nc(Cc4ccc(N)cc4)cs3)C1c1ccccc12. The average molecular weight is 479 g/mol. The predicted molar refractivity (Wildman–Crippen MR) is 141 cm³/mol. The zero-order valence-corrected chi connectivity index (χ0v) is 20.3. The Labute approximate surface area is 209 Å². The van der Waals surface area contributed by atoms with Crippen molar-refractivity contribution in [2.45, 2.75) is 31.1 Å². The molecule has 6 heteroatoms. The number of hydrogen-bond acceptors (Lipinski definition) is 5. The molecule has 3 N–H and O–H groups in total. The quantitative estimate of drug-likeness (QED) is 0.457. The molecule has 174 valence electrons. The normalized spacial score (nSPS) is 26.5. The van der Waals surface area contributed by atoms with Crippen molar-refractivity contribution >= 4 is 28.1 Å². The minimum absolute atomic E-state index is 0.158. The van der Waals surface area contributed by atoms with Crippen LogP contribution in [-0.4, -0.2) is 10.9 Å². The van der Waals surface area contributed by atoms with Gasteiger partial charge in [-0.1, -0.05) is 67.3 Å². The Bertz CT molecular complexity index is 1410. The fourth-order valence-electron chi connectivity index (χ4n) is 5.41. The van der Waals surface area contributed by atoms with Crippen molar-refractivity contribution in [3.8, 4) is 6.07 Å². The summed E-state index contributed by atoms with van der Waals surface area (Å²) in [6, 6.07) is 18.2. The molecule has 3 aromatic rings. The van der Waals surface area contributed by atoms with E-state index in [1.807, 2.05) is 85.1 Å². The fourth-order valence-corrected chi connectivity index (χ4v) is 6.11. The van der Waals surface area contributed by atoms with E-state index in [1.165, 1.54) is 11.3 Å². The van der Waals surface area contributed by atoms with Gasteiger partial charge in [0.05, 0.1) is 17.2 Å². The van der Waals surface area contributed by atoms with E-state index in [0.717, 1.165) is 33.6 Å². The number of nitriles is 1. The molecular weight excluding hydrogens is 452 g/mol. The number of nitrogens with one attached hydrogen (secondary N) is 1. The molecular formula is C29H26N4OS. The summed E-state index contributed by atoms with van der Waals surface area (Å²) in [5.41, 5.74) is 9.44. The Morgan fingerprint density at radius 2 is 2.03 bits per heavy atom. The van der Waals surface area contributed by atoms with Crippen molar-refractivity contribution in [3.63, 3.8) is 0 Å². The number of fused-ring (bicyclic) bond motifs is 6. The second-order valence-corrected chi connectivity index (χ2v) is 10.4. The maximum atomic E-state index is 13.9. The van der Waals surface area contributed by atoms with Gasteiger partial charge in [-0.05, 0) is 47.7 Å². The Morgan fingerprint density at radius 3 is 2.80 bits per heavy atom. The van der Waals surface area contributed by atoms with Crippen LogP contribution in [0.1, 0.15) is 41.6 Å². The number of hydrogen-bond donors (Lipinski definition) is 2. The van der Waals surface area contributed by atoms with E-state index >= 15 is 0 Å². The predicted octanol–water partition coefficient (Wildman–Crippen LogP) is 5.89. The van der Waals surface area contributed by atoms with E-state index in [9.17, 15) is 10.1 Å². The molecule has 0 aliphatic heterocycles. The lowest BCUT2D eigenvalue weighted by atomic mass is 9.54. The van der Waals surface area contributed by atoms with Crippen LogP contribution in [0, 0.1) is 16.7 Å². The molecule has 2 aliphatic rings. The van der Waals surface area contributed by atoms with Gasteiger partial charge in [-0.25, -0.2) is 4.98 Å². The van der Waals surface area contributed by atoms with Crippen molar-refractivity contribution < 1.29 is 4.79 Å². The lowest BCUT2D eigenvalue weighted by Gasteiger charge is -2.47. The molecule has 3 unspecified atom stereocenters. The molecule has 3 atom stereocenters. The number of rotatable bonds is 4. The zero-order chi connectivity index (χ0) is 24.6. The average Bonchev–Trinajstić information content (AvgIpc) is 3.32. The molecule has 1 aromatic heterocycles. The highest BCUT2D eigenvalue weighted by Crippen LogP contribution is 2.56. The van der Waals surface area contributed by atoms with Crippen molar-refractivity contribution in [3.05, 3.63) is 113 Å². The van der Waals surface area contributed by atoms with Gasteiger partial charge in [0.25, 0.3) is 0 Å². The summed E-state index contributed by atoms with van der Waals surface area (Å²) in [5.74, 6) is -0.416. The summed E-state index contributed by atoms with van der Waals surface area (Å²) in [6.07, 6.45) is 8.66. The molecule has 5 nitrogen and oxygen atoms in total. The van der Waals surface area contributed by atoms with Crippen LogP contribution in [0.15, 0.2) is 90.4 Å². The molecule has 1 heterocycles. The first kappa shape index (κ1) is 22.8. The van der Waals surface area contributed by atoms with Crippen LogP contribution in [-0.2, 0) is 16.6 Å². The maximum Gasteiger partial charge on any atom is 0.233 e. The molecule has 35 heavy (non-hydrogen) atoms. The molecule has 0 saturated carbocycles. The van der Waals surface area contributed by atoms with E-state index in [0.29, 0.717) is 18.0 Å². The number of anilines is 2. The Morgan fingerprint density at radius 1 is 1.26 bits per heavy atom. The number of benzene rings is 2. The first-order valence-corrected chi connectivity index (χ1v) is 12.4. The molecule has 0 spiro atoms. The zero-order valence-electron chi connectivity index (χ0n) is 19.5. The standard InChI is InChI=1S/C29H26N4OS/c1-19-7-5-6-14-29(18-30)17-28(2,25(19)23-8-3-4-9-24(23)29)26(34)33-27-32-22(16-35-27)15-20-10-12-21(31)13-11-20/h3-14,16,25H,1,15,17,31H2,2H3,(H,32,33,34)/b7-5-,14-6-. The second-order valence-electron chi connectivity index (χ2n) is 9.51. The molecule has 0 radical (unpaired) electrons. The van der Waals surface area contributed by atoms with Crippen LogP contribution < -0.4 is 11.1 Å². The van der Waals surface area contributed by atoms with Gasteiger partial charge in [-0.15, -0.1) is 11.3 Å². The summed E-state index contributed by atoms with van der Waals surface area (Å²) in [7, 11) is 0. The number of carbonyl (C=O) groups excluding carboxylic acids is 1. The molecule has 0 saturated heterocycles. The molecule has 0 fully saturated rings. The van der Waals surface area contributed by atoms with E-state index in [-0.39, 0.29) is 11.8 Å². The molecule has 1 amide bonds. The van der Waals surface area contributed by atoms with Gasteiger partial charge in [-0.2, -0.15) is 5.26 Å². The minimum atomic E-state index is -0.905. The lowest BCUT2D eigenvalue weighted by Crippen LogP contribution is -2.48. The highest BCUT2D eigenvalue weighted by Gasteiger charge is 2.54. The molecule has 2 aromatic carbocycles. The number of amides is 1. The number of nitrogen functional groups attached to an aromatic ring is 1. The molecule has 2 aliphatic carbocycles. The van der Waals surface area contributed by atoms with E-state index in [1.54, 1.807) is 0 Å². The fraction of sp³-hybridized carbons (Fsp3) is 0.207. The number of thiazole rings is 1. The summed E-state index contributed by atoms with van der Waals surface area (Å²) in [4.78, 5) is 18.6. The van der Waals surface area contributed by atoms with Gasteiger partial charge in [0.2, 0.25) is 5.91 Å². The van der Waals surface area contributed by atoms with Gasteiger partial charge in [0, 0.05) is 23.4 Å². The van der Waals surface area contributed by atoms with Gasteiger partial charge < -0.3 is 11.1 Å². The van der Waals surface area contributed by atoms with Crippen molar-refractivity contribution in [2.75, 3.05) is 11.1 Å². The van der Waals surface area contributed by atoms with Crippen molar-refractivity contribution in [1.29, 1.82) is 5.26 Å². The Kier molecular flexibility index (Phi) is 5.66. The van der Waals surface area contributed by atoms with Gasteiger partial charge in [0.1, 0.15) is 5.41 Å². The number of aromatic nitrogens is 1. The summed E-state index contributed by atoms with van der Waals surface area (Å²) in [5, 5.41) is 15.9. The molecule has 5 rings (SSSR count). The number of allylic oxidation sites excluding steroid dienone is 5. The highest BCUT2D eigenvalue weighted by molar-refractivity contribution is 7.13. The van der Waals surface area contributed by atoms with Crippen molar-refractivity contribution in [1.82, 2.24) is 4.98 Å². The first-order valence-electron chi connectivity index (χ1n) is 11.5. The van der Waals surface area contributed by atoms with Gasteiger partial charge >= 0.3 is 0 Å². The smallest absolute Gasteiger partial charge is 0.233 e. The summed E-state index contributed by atoms with van der Waals surface area (Å²) >= 11 is 1.40. The van der Waals surface area contributed by atoms with Gasteiger partial charge in [0.15, 0.2) is 5.13 Å². The van der Waals surface area contributed by atoms with Crippen LogP contribution >= 0.6 is 11.3 Å². The third-order valence-electron chi connectivity index (χ3n) is 7.06. The van der Waals surface area contributed by atoms with E-state index < -0.39 is 10.8 Å². The van der Waals surface area contributed by atoms with Crippen LogP contribution in [0.5, 0.6) is 0 Å². The topological polar surface area (TPSA) is 91.8 Å². The summed E-state index contributed by atoms with van der Waals surface area (Å²) in [6.45, 7) is 6.26. The van der Waals surface area contributed by atoms with Crippen LogP contribution in [0.2, 0.25) is 0 Å². The van der Waals surface area contributed by atoms with Gasteiger partial charge in [-0.3, -0.25) is 4.79 Å². The minimum Gasteiger partial charge on any atom is -0.399 e. The Balaban J connectivity index is 1.48. The first-order chi connectivity index (χ1) is 16.8. The Hall–Kier alpha value is -3.95. The van der Waals surface area contributed by atoms with E-state index in [4.69, 9.17) is 5.73 Å². The number of carbonyl (C=O) groups is 1. The summed E-state index contributed by atoms with van der Waals surface area (Å²) < 4.78 is 0. The second kappa shape index (κ2) is 8.68. The third-order valence-corrected chi connectivity index (χ3v) is 7.87. The number of nitrogens with two attached hydrogens (primary N) is 1. The number of nitrogens with zero attached hydrogens (tertiary/aromatic N) is 2. The van der Waals surface area contributed by atoms with Crippen LogP contribution in [0.4, 0.5) is 10.8 Å². The largest absolute Gasteiger partial charge is 0.399 e. The third kappa shape index (κ3) is 3.98. The van der Waals surface area contributed by atoms with Crippen LogP contribution in [0.3, 0.4) is 0 Å².